The molecule has 2 atom stereocenters. The standard InChI is InChI=1S/C22H22N6O2/c1-22(2,30)8-12-3-4-25-10-16(12)18-6-13-7-19(26-11-17(13)20(24)27-18)28-21(29)15-5-14(15)9-23/h3-4,6-7,10-11,14-15,30H,5,8H2,1-2H3,(H2,24,27)(H,26,28,29)/t14-,15+/m1/s1. The summed E-state index contributed by atoms with van der Waals surface area (Å²) in [5.74, 6) is 0.0330. The summed E-state index contributed by atoms with van der Waals surface area (Å²) in [6.07, 6.45) is 5.98. The second-order valence-corrected chi connectivity index (χ2v) is 8.27. The number of anilines is 2. The molecule has 0 spiro atoms. The first-order valence-electron chi connectivity index (χ1n) is 9.67. The second-order valence-electron chi connectivity index (χ2n) is 8.27. The Kier molecular flexibility index (Phi) is 4.84. The van der Waals surface area contributed by atoms with Gasteiger partial charge in [-0.25, -0.2) is 9.97 Å². The summed E-state index contributed by atoms with van der Waals surface area (Å²) in [6.45, 7) is 3.49. The van der Waals surface area contributed by atoms with E-state index in [1.54, 1.807) is 38.5 Å². The first kappa shape index (κ1) is 19.7. The van der Waals surface area contributed by atoms with Crippen LogP contribution in [0.4, 0.5) is 11.6 Å². The summed E-state index contributed by atoms with van der Waals surface area (Å²) in [7, 11) is 0. The van der Waals surface area contributed by atoms with Crippen LogP contribution in [0.5, 0.6) is 0 Å². The molecule has 1 saturated carbocycles. The van der Waals surface area contributed by atoms with E-state index >= 15 is 0 Å². The summed E-state index contributed by atoms with van der Waals surface area (Å²) in [6, 6.07) is 7.57. The maximum Gasteiger partial charge on any atom is 0.230 e. The molecule has 0 saturated heterocycles. The quantitative estimate of drug-likeness (QED) is 0.596. The van der Waals surface area contributed by atoms with Crippen molar-refractivity contribution in [3.05, 3.63) is 42.4 Å². The molecule has 1 aliphatic carbocycles. The van der Waals surface area contributed by atoms with Crippen LogP contribution in [0, 0.1) is 23.2 Å². The molecule has 0 aliphatic heterocycles. The van der Waals surface area contributed by atoms with Crippen LogP contribution in [-0.2, 0) is 11.2 Å². The van der Waals surface area contributed by atoms with Gasteiger partial charge in [-0.1, -0.05) is 0 Å². The number of pyridine rings is 3. The van der Waals surface area contributed by atoms with Crippen molar-refractivity contribution >= 4 is 28.3 Å². The molecule has 3 aromatic heterocycles. The van der Waals surface area contributed by atoms with E-state index in [1.165, 1.54) is 0 Å². The number of fused-ring (bicyclic) bond motifs is 1. The summed E-state index contributed by atoms with van der Waals surface area (Å²) >= 11 is 0. The third-order valence-electron chi connectivity index (χ3n) is 5.10. The number of aliphatic hydroxyl groups is 1. The van der Waals surface area contributed by atoms with Crippen LogP contribution in [0.3, 0.4) is 0 Å². The van der Waals surface area contributed by atoms with Crippen LogP contribution in [0.15, 0.2) is 36.8 Å². The maximum absolute atomic E-state index is 12.2. The zero-order valence-corrected chi connectivity index (χ0v) is 16.8. The lowest BCUT2D eigenvalue weighted by Crippen LogP contribution is -2.22. The Morgan fingerprint density at radius 3 is 2.90 bits per heavy atom. The Balaban J connectivity index is 1.70. The van der Waals surface area contributed by atoms with Crippen molar-refractivity contribution in [3.63, 3.8) is 0 Å². The van der Waals surface area contributed by atoms with Crippen LogP contribution < -0.4 is 11.1 Å². The number of rotatable bonds is 5. The van der Waals surface area contributed by atoms with Gasteiger partial charge in [-0.3, -0.25) is 9.78 Å². The van der Waals surface area contributed by atoms with Crippen molar-refractivity contribution in [1.29, 1.82) is 5.26 Å². The first-order valence-corrected chi connectivity index (χ1v) is 9.67. The zero-order chi connectivity index (χ0) is 21.5. The second kappa shape index (κ2) is 7.35. The molecule has 0 aromatic carbocycles. The minimum Gasteiger partial charge on any atom is -0.390 e. The number of carbonyl (C=O) groups excluding carboxylic acids is 1. The zero-order valence-electron chi connectivity index (χ0n) is 16.8. The fraction of sp³-hybridized carbons (Fsp3) is 0.318. The van der Waals surface area contributed by atoms with E-state index in [-0.39, 0.29) is 17.7 Å². The fourth-order valence-electron chi connectivity index (χ4n) is 3.50. The van der Waals surface area contributed by atoms with Crippen molar-refractivity contribution in [2.75, 3.05) is 11.1 Å². The summed E-state index contributed by atoms with van der Waals surface area (Å²) in [5, 5.41) is 23.4. The molecule has 4 rings (SSSR count). The average molecular weight is 402 g/mol. The third kappa shape index (κ3) is 4.07. The van der Waals surface area contributed by atoms with Crippen LogP contribution in [0.2, 0.25) is 0 Å². The molecule has 3 aromatic rings. The van der Waals surface area contributed by atoms with Crippen molar-refractivity contribution in [2.24, 2.45) is 11.8 Å². The molecule has 1 amide bonds. The fourth-order valence-corrected chi connectivity index (χ4v) is 3.50. The number of nitrogens with two attached hydrogens (primary N) is 1. The largest absolute Gasteiger partial charge is 0.390 e. The van der Waals surface area contributed by atoms with Crippen LogP contribution >= 0.6 is 0 Å². The Morgan fingerprint density at radius 2 is 2.20 bits per heavy atom. The van der Waals surface area contributed by atoms with Gasteiger partial charge in [0.1, 0.15) is 11.6 Å². The van der Waals surface area contributed by atoms with E-state index in [1.807, 2.05) is 12.1 Å². The van der Waals surface area contributed by atoms with Gasteiger partial charge in [0, 0.05) is 36.0 Å². The van der Waals surface area contributed by atoms with Gasteiger partial charge in [-0.05, 0) is 49.4 Å². The van der Waals surface area contributed by atoms with Gasteiger partial charge in [0.25, 0.3) is 0 Å². The van der Waals surface area contributed by atoms with Crippen molar-refractivity contribution in [2.45, 2.75) is 32.3 Å². The number of amides is 1. The average Bonchev–Trinajstić information content (AvgIpc) is 3.47. The lowest BCUT2D eigenvalue weighted by molar-refractivity contribution is -0.117. The molecule has 0 bridgehead atoms. The predicted molar refractivity (Wildman–Crippen MR) is 113 cm³/mol. The van der Waals surface area contributed by atoms with Gasteiger partial charge < -0.3 is 16.2 Å². The number of nitriles is 1. The molecule has 8 heteroatoms. The number of nitrogens with one attached hydrogen (secondary N) is 1. The van der Waals surface area contributed by atoms with E-state index in [4.69, 9.17) is 11.0 Å². The third-order valence-corrected chi connectivity index (χ3v) is 5.10. The van der Waals surface area contributed by atoms with Crippen LogP contribution in [0.25, 0.3) is 22.0 Å². The number of carbonyl (C=O) groups is 1. The minimum atomic E-state index is -0.885. The highest BCUT2D eigenvalue weighted by molar-refractivity contribution is 5.98. The molecule has 3 heterocycles. The Hall–Kier alpha value is -3.57. The van der Waals surface area contributed by atoms with Gasteiger partial charge in [-0.15, -0.1) is 0 Å². The molecule has 8 nitrogen and oxygen atoms in total. The van der Waals surface area contributed by atoms with E-state index in [0.29, 0.717) is 35.6 Å². The van der Waals surface area contributed by atoms with E-state index in [0.717, 1.165) is 16.5 Å². The molecular weight excluding hydrogens is 380 g/mol. The number of nitrogen functional groups attached to an aromatic ring is 1. The molecule has 1 fully saturated rings. The van der Waals surface area contributed by atoms with Crippen LogP contribution in [-0.4, -0.2) is 31.6 Å². The Morgan fingerprint density at radius 1 is 1.40 bits per heavy atom. The molecule has 0 unspecified atom stereocenters. The Labute approximate surface area is 173 Å². The normalized spacial score (nSPS) is 18.1. The molecule has 30 heavy (non-hydrogen) atoms. The molecule has 4 N–H and O–H groups in total. The number of nitrogens with zero attached hydrogens (tertiary/aromatic N) is 4. The first-order chi connectivity index (χ1) is 14.2. The number of aromatic nitrogens is 3. The van der Waals surface area contributed by atoms with Gasteiger partial charge in [-0.2, -0.15) is 5.26 Å². The lowest BCUT2D eigenvalue weighted by atomic mass is 9.94. The smallest absolute Gasteiger partial charge is 0.230 e. The van der Waals surface area contributed by atoms with E-state index < -0.39 is 5.60 Å². The van der Waals surface area contributed by atoms with Gasteiger partial charge >= 0.3 is 0 Å². The van der Waals surface area contributed by atoms with Gasteiger partial charge in [0.2, 0.25) is 5.91 Å². The van der Waals surface area contributed by atoms with Gasteiger partial charge in [0.15, 0.2) is 0 Å². The summed E-state index contributed by atoms with van der Waals surface area (Å²) < 4.78 is 0. The van der Waals surface area contributed by atoms with Crippen molar-refractivity contribution < 1.29 is 9.90 Å². The highest BCUT2D eigenvalue weighted by Gasteiger charge is 2.43. The maximum atomic E-state index is 12.2. The number of hydrogen-bond donors (Lipinski definition) is 3. The minimum absolute atomic E-state index is 0.199. The Bertz CT molecular complexity index is 1180. The predicted octanol–water partition coefficient (Wildman–Crippen LogP) is 2.69. The van der Waals surface area contributed by atoms with Crippen LogP contribution in [0.1, 0.15) is 25.8 Å². The molecule has 152 valence electrons. The monoisotopic (exact) mass is 402 g/mol. The molecular formula is C22H22N6O2. The highest BCUT2D eigenvalue weighted by atomic mass is 16.3. The van der Waals surface area contributed by atoms with Gasteiger partial charge in [0.05, 0.1) is 29.2 Å². The van der Waals surface area contributed by atoms with Crippen molar-refractivity contribution in [1.82, 2.24) is 15.0 Å². The summed E-state index contributed by atoms with van der Waals surface area (Å²) in [5.41, 5.74) is 7.60. The molecule has 0 radical (unpaired) electrons. The topological polar surface area (TPSA) is 138 Å². The van der Waals surface area contributed by atoms with E-state index in [2.05, 4.69) is 26.3 Å². The lowest BCUT2D eigenvalue weighted by Gasteiger charge is -2.19. The summed E-state index contributed by atoms with van der Waals surface area (Å²) in [4.78, 5) is 25.2. The SMILES string of the molecule is CC(C)(O)Cc1ccncc1-c1cc2cc(NC(=O)[C@H]3C[C@@H]3C#N)ncc2c(N)n1. The molecule has 1 aliphatic rings. The number of hydrogen-bond acceptors (Lipinski definition) is 7. The van der Waals surface area contributed by atoms with E-state index in [9.17, 15) is 9.90 Å². The van der Waals surface area contributed by atoms with Crippen molar-refractivity contribution in [3.8, 4) is 17.3 Å². The highest BCUT2D eigenvalue weighted by Crippen LogP contribution is 2.38.